The lowest BCUT2D eigenvalue weighted by Gasteiger charge is -2.39. The van der Waals surface area contributed by atoms with Gasteiger partial charge >= 0.3 is 0 Å². The van der Waals surface area contributed by atoms with Gasteiger partial charge in [0, 0.05) is 37.4 Å². The van der Waals surface area contributed by atoms with E-state index in [-0.39, 0.29) is 0 Å². The summed E-state index contributed by atoms with van der Waals surface area (Å²) in [6, 6.07) is 0. The van der Waals surface area contributed by atoms with Gasteiger partial charge in [0.15, 0.2) is 0 Å². The van der Waals surface area contributed by atoms with Crippen LogP contribution in [0.2, 0.25) is 0 Å². The lowest BCUT2D eigenvalue weighted by atomic mass is 10.0. The molecular formula is C9H17NOS. The molecule has 0 aromatic carbocycles. The number of nitrogens with zero attached hydrogens (tertiary/aromatic N) is 1. The maximum atomic E-state index is 8.83. The Morgan fingerprint density at radius 1 is 1.42 bits per heavy atom. The van der Waals surface area contributed by atoms with E-state index in [2.05, 4.69) is 16.7 Å². The van der Waals surface area contributed by atoms with Crippen LogP contribution in [-0.2, 0) is 0 Å². The van der Waals surface area contributed by atoms with Gasteiger partial charge in [0.2, 0.25) is 0 Å². The average molecular weight is 187 g/mol. The minimum absolute atomic E-state index is 0.383. The summed E-state index contributed by atoms with van der Waals surface area (Å²) in [4.78, 5) is 2.48. The van der Waals surface area contributed by atoms with Crippen LogP contribution in [0.15, 0.2) is 0 Å². The summed E-state index contributed by atoms with van der Waals surface area (Å²) < 4.78 is 0. The molecule has 0 bridgehead atoms. The van der Waals surface area contributed by atoms with Crippen LogP contribution >= 0.6 is 11.8 Å². The normalized spacial score (nSPS) is 32.2. The van der Waals surface area contributed by atoms with Crippen molar-refractivity contribution in [2.24, 2.45) is 5.92 Å². The van der Waals surface area contributed by atoms with Crippen molar-refractivity contribution in [2.75, 3.05) is 32.0 Å². The number of thioether (sulfide) groups is 1. The summed E-state index contributed by atoms with van der Waals surface area (Å²) in [5, 5.41) is 9.73. The SMILES string of the molecule is OCC1CN(CC2CCCS2)C1. The van der Waals surface area contributed by atoms with Gasteiger partial charge in [-0.3, -0.25) is 0 Å². The number of rotatable bonds is 3. The third-order valence-electron chi connectivity index (χ3n) is 2.78. The van der Waals surface area contributed by atoms with E-state index in [4.69, 9.17) is 5.11 Å². The van der Waals surface area contributed by atoms with Crippen molar-refractivity contribution in [3.63, 3.8) is 0 Å². The van der Waals surface area contributed by atoms with Gasteiger partial charge in [0.1, 0.15) is 0 Å². The van der Waals surface area contributed by atoms with Crippen molar-refractivity contribution >= 4 is 11.8 Å². The molecule has 2 nitrogen and oxygen atoms in total. The number of hydrogen-bond donors (Lipinski definition) is 1. The molecule has 3 heteroatoms. The molecule has 0 spiro atoms. The molecule has 1 atom stereocenters. The van der Waals surface area contributed by atoms with E-state index in [1.165, 1.54) is 25.1 Å². The predicted octanol–water partition coefficient (Wildman–Crippen LogP) is 0.806. The smallest absolute Gasteiger partial charge is 0.0483 e. The fourth-order valence-corrected chi connectivity index (χ4v) is 3.33. The first-order valence-corrected chi connectivity index (χ1v) is 5.88. The first-order chi connectivity index (χ1) is 5.88. The summed E-state index contributed by atoms with van der Waals surface area (Å²) in [7, 11) is 0. The zero-order chi connectivity index (χ0) is 8.39. The van der Waals surface area contributed by atoms with Gasteiger partial charge in [-0.2, -0.15) is 11.8 Å². The molecule has 0 aromatic heterocycles. The highest BCUT2D eigenvalue weighted by atomic mass is 32.2. The molecule has 2 rings (SSSR count). The van der Waals surface area contributed by atoms with Crippen molar-refractivity contribution in [2.45, 2.75) is 18.1 Å². The molecule has 2 aliphatic heterocycles. The largest absolute Gasteiger partial charge is 0.396 e. The molecule has 2 fully saturated rings. The van der Waals surface area contributed by atoms with Gasteiger partial charge < -0.3 is 10.0 Å². The molecule has 1 N–H and O–H groups in total. The second-order valence-corrected chi connectivity index (χ2v) is 5.31. The van der Waals surface area contributed by atoms with Gasteiger partial charge in [-0.05, 0) is 18.6 Å². The summed E-state index contributed by atoms with van der Waals surface area (Å²) >= 11 is 2.12. The van der Waals surface area contributed by atoms with Crippen molar-refractivity contribution in [1.29, 1.82) is 0 Å². The Morgan fingerprint density at radius 2 is 2.25 bits per heavy atom. The standard InChI is InChI=1S/C9H17NOS/c11-7-8-4-10(5-8)6-9-2-1-3-12-9/h8-9,11H,1-7H2. The lowest BCUT2D eigenvalue weighted by molar-refractivity contribution is 0.0544. The third kappa shape index (κ3) is 1.95. The van der Waals surface area contributed by atoms with Crippen LogP contribution < -0.4 is 0 Å². The van der Waals surface area contributed by atoms with E-state index >= 15 is 0 Å². The van der Waals surface area contributed by atoms with E-state index in [0.717, 1.165) is 18.3 Å². The third-order valence-corrected chi connectivity index (χ3v) is 4.16. The van der Waals surface area contributed by atoms with E-state index < -0.39 is 0 Å². The molecule has 2 saturated heterocycles. The van der Waals surface area contributed by atoms with Crippen LogP contribution in [0.25, 0.3) is 0 Å². The van der Waals surface area contributed by atoms with Crippen LogP contribution in [0.1, 0.15) is 12.8 Å². The van der Waals surface area contributed by atoms with Gasteiger partial charge in [0.25, 0.3) is 0 Å². The zero-order valence-corrected chi connectivity index (χ0v) is 8.22. The molecule has 12 heavy (non-hydrogen) atoms. The Morgan fingerprint density at radius 3 is 2.83 bits per heavy atom. The van der Waals surface area contributed by atoms with Crippen LogP contribution in [0.3, 0.4) is 0 Å². The summed E-state index contributed by atoms with van der Waals surface area (Å²) in [6.45, 7) is 3.91. The van der Waals surface area contributed by atoms with Crippen molar-refractivity contribution < 1.29 is 5.11 Å². The molecule has 2 aliphatic rings. The topological polar surface area (TPSA) is 23.5 Å². The number of likely N-dealkylation sites (tertiary alicyclic amines) is 1. The van der Waals surface area contributed by atoms with Gasteiger partial charge in [0.05, 0.1) is 0 Å². The molecule has 0 aliphatic carbocycles. The van der Waals surface area contributed by atoms with Crippen LogP contribution in [-0.4, -0.2) is 47.3 Å². The van der Waals surface area contributed by atoms with E-state index in [9.17, 15) is 0 Å². The van der Waals surface area contributed by atoms with Crippen LogP contribution in [0.5, 0.6) is 0 Å². The fraction of sp³-hybridized carbons (Fsp3) is 1.00. The minimum atomic E-state index is 0.383. The van der Waals surface area contributed by atoms with Crippen LogP contribution in [0.4, 0.5) is 0 Å². The van der Waals surface area contributed by atoms with Gasteiger partial charge in [-0.1, -0.05) is 0 Å². The average Bonchev–Trinajstić information content (AvgIpc) is 2.47. The molecule has 0 aromatic rings. The van der Waals surface area contributed by atoms with E-state index in [1.54, 1.807) is 0 Å². The first-order valence-electron chi connectivity index (χ1n) is 4.83. The molecule has 1 unspecified atom stereocenters. The van der Waals surface area contributed by atoms with Crippen molar-refractivity contribution in [1.82, 2.24) is 4.90 Å². The van der Waals surface area contributed by atoms with E-state index in [1.807, 2.05) is 0 Å². The summed E-state index contributed by atoms with van der Waals surface area (Å²) in [5.41, 5.74) is 0. The molecule has 0 saturated carbocycles. The van der Waals surface area contributed by atoms with Gasteiger partial charge in [-0.15, -0.1) is 0 Å². The second-order valence-electron chi connectivity index (χ2n) is 3.90. The molecule has 0 radical (unpaired) electrons. The Labute approximate surface area is 78.3 Å². The molecule has 2 heterocycles. The zero-order valence-electron chi connectivity index (χ0n) is 7.41. The Kier molecular flexibility index (Phi) is 2.94. The van der Waals surface area contributed by atoms with Gasteiger partial charge in [-0.25, -0.2) is 0 Å². The molecule has 0 amide bonds. The first kappa shape index (κ1) is 8.85. The summed E-state index contributed by atoms with van der Waals surface area (Å²) in [5.74, 6) is 1.94. The quantitative estimate of drug-likeness (QED) is 0.707. The molecule has 70 valence electrons. The lowest BCUT2D eigenvalue weighted by Crippen LogP contribution is -2.50. The van der Waals surface area contributed by atoms with Crippen molar-refractivity contribution in [3.05, 3.63) is 0 Å². The monoisotopic (exact) mass is 187 g/mol. The highest BCUT2D eigenvalue weighted by Gasteiger charge is 2.28. The predicted molar refractivity (Wildman–Crippen MR) is 52.5 cm³/mol. The number of hydrogen-bond acceptors (Lipinski definition) is 3. The maximum absolute atomic E-state index is 8.83. The fourth-order valence-electron chi connectivity index (χ4n) is 2.02. The summed E-state index contributed by atoms with van der Waals surface area (Å²) in [6.07, 6.45) is 2.82. The highest BCUT2D eigenvalue weighted by molar-refractivity contribution is 8.00. The maximum Gasteiger partial charge on any atom is 0.0483 e. The van der Waals surface area contributed by atoms with Crippen LogP contribution in [0, 0.1) is 5.92 Å². The van der Waals surface area contributed by atoms with E-state index in [0.29, 0.717) is 12.5 Å². The second kappa shape index (κ2) is 3.99. The Bertz CT molecular complexity index is 141. The minimum Gasteiger partial charge on any atom is -0.396 e. The number of aliphatic hydroxyl groups is 1. The number of aliphatic hydroxyl groups excluding tert-OH is 1. The Balaban J connectivity index is 1.62. The highest BCUT2D eigenvalue weighted by Crippen LogP contribution is 2.28. The molecular weight excluding hydrogens is 170 g/mol. The Hall–Kier alpha value is 0.270. The van der Waals surface area contributed by atoms with Crippen molar-refractivity contribution in [3.8, 4) is 0 Å².